The van der Waals surface area contributed by atoms with Crippen LogP contribution in [0.25, 0.3) is 22.3 Å². The number of nitrogens with one attached hydrogen (secondary N) is 1. The summed E-state index contributed by atoms with van der Waals surface area (Å²) in [5.41, 5.74) is 7.61. The van der Waals surface area contributed by atoms with E-state index in [-0.39, 0.29) is 6.10 Å². The van der Waals surface area contributed by atoms with Crippen LogP contribution in [0.1, 0.15) is 23.5 Å². The van der Waals surface area contributed by atoms with Crippen LogP contribution in [0.15, 0.2) is 109 Å². The molecule has 1 heterocycles. The third kappa shape index (κ3) is 4.83. The van der Waals surface area contributed by atoms with Gasteiger partial charge < -0.3 is 10.1 Å². The molecule has 0 amide bonds. The zero-order chi connectivity index (χ0) is 21.6. The summed E-state index contributed by atoms with van der Waals surface area (Å²) in [6.07, 6.45) is 1.26. The topological polar surface area (TPSA) is 21.3 Å². The first-order valence-corrected chi connectivity index (χ1v) is 11.5. The van der Waals surface area contributed by atoms with Crippen molar-refractivity contribution in [3.8, 4) is 22.3 Å². The second-order valence-corrected chi connectivity index (χ2v) is 8.50. The maximum Gasteiger partial charge on any atom is 0.0772 e. The maximum atomic E-state index is 6.46. The first-order valence-electron chi connectivity index (χ1n) is 11.5. The largest absolute Gasteiger partial charge is 0.372 e. The highest BCUT2D eigenvalue weighted by Gasteiger charge is 2.27. The lowest BCUT2D eigenvalue weighted by atomic mass is 9.86. The van der Waals surface area contributed by atoms with Gasteiger partial charge in [0, 0.05) is 12.5 Å². The van der Waals surface area contributed by atoms with Crippen LogP contribution >= 0.6 is 0 Å². The summed E-state index contributed by atoms with van der Waals surface area (Å²) < 4.78 is 6.46. The molecule has 1 aliphatic rings. The van der Waals surface area contributed by atoms with Crippen molar-refractivity contribution in [1.82, 2.24) is 5.32 Å². The molecule has 32 heavy (non-hydrogen) atoms. The first-order chi connectivity index (χ1) is 15.9. The van der Waals surface area contributed by atoms with Crippen LogP contribution in [0.2, 0.25) is 0 Å². The Bertz CT molecular complexity index is 1120. The van der Waals surface area contributed by atoms with Gasteiger partial charge in [0.2, 0.25) is 0 Å². The highest BCUT2D eigenvalue weighted by molar-refractivity contribution is 5.64. The predicted molar refractivity (Wildman–Crippen MR) is 133 cm³/mol. The fourth-order valence-corrected chi connectivity index (χ4v) is 4.59. The summed E-state index contributed by atoms with van der Waals surface area (Å²) in [6.45, 7) is 2.56. The van der Waals surface area contributed by atoms with Crippen LogP contribution in [0.4, 0.5) is 0 Å². The van der Waals surface area contributed by atoms with Crippen LogP contribution in [0, 0.1) is 0 Å². The van der Waals surface area contributed by atoms with Gasteiger partial charge in [-0.25, -0.2) is 0 Å². The number of rotatable bonds is 6. The van der Waals surface area contributed by atoms with Crippen LogP contribution in [-0.2, 0) is 11.3 Å². The Kier molecular flexibility index (Phi) is 6.43. The molecule has 2 unspecified atom stereocenters. The van der Waals surface area contributed by atoms with Crippen LogP contribution < -0.4 is 5.32 Å². The summed E-state index contributed by atoms with van der Waals surface area (Å²) in [5, 5.41) is 3.52. The van der Waals surface area contributed by atoms with Gasteiger partial charge in [-0.15, -0.1) is 0 Å². The Hall–Kier alpha value is -3.20. The molecule has 0 aliphatic carbocycles. The van der Waals surface area contributed by atoms with Gasteiger partial charge in [0.1, 0.15) is 0 Å². The van der Waals surface area contributed by atoms with Crippen molar-refractivity contribution < 1.29 is 4.74 Å². The summed E-state index contributed by atoms with van der Waals surface area (Å²) in [4.78, 5) is 0. The number of benzene rings is 4. The Balaban J connectivity index is 1.28. The van der Waals surface area contributed by atoms with E-state index in [1.165, 1.54) is 33.4 Å². The van der Waals surface area contributed by atoms with Crippen molar-refractivity contribution in [2.75, 3.05) is 13.1 Å². The Morgan fingerprint density at radius 1 is 0.656 bits per heavy atom. The molecule has 4 aromatic rings. The fraction of sp³-hybridized carbons (Fsp3) is 0.200. The minimum atomic E-state index is 0.170. The standard InChI is InChI=1S/C30H29NO/c1-3-8-24(9-4-1)26-16-14-23(15-17-26)22-32-30-21-31-19-18-29(30)28-13-7-12-27(20-28)25-10-5-2-6-11-25/h1-17,20,29-31H,18-19,21-22H2. The lowest BCUT2D eigenvalue weighted by molar-refractivity contribution is 0.0106. The molecule has 2 heteroatoms. The Morgan fingerprint density at radius 3 is 2.00 bits per heavy atom. The van der Waals surface area contributed by atoms with Crippen LogP contribution in [0.5, 0.6) is 0 Å². The highest BCUT2D eigenvalue weighted by Crippen LogP contribution is 2.31. The van der Waals surface area contributed by atoms with Gasteiger partial charge in [-0.05, 0) is 46.3 Å². The van der Waals surface area contributed by atoms with E-state index in [4.69, 9.17) is 4.74 Å². The normalized spacial score (nSPS) is 18.4. The van der Waals surface area contributed by atoms with E-state index in [1.54, 1.807) is 0 Å². The molecule has 5 rings (SSSR count). The zero-order valence-corrected chi connectivity index (χ0v) is 18.3. The van der Waals surface area contributed by atoms with E-state index >= 15 is 0 Å². The van der Waals surface area contributed by atoms with E-state index in [0.717, 1.165) is 19.5 Å². The van der Waals surface area contributed by atoms with E-state index in [9.17, 15) is 0 Å². The van der Waals surface area contributed by atoms with Gasteiger partial charge in [-0.1, -0.05) is 109 Å². The smallest absolute Gasteiger partial charge is 0.0772 e. The predicted octanol–water partition coefficient (Wildman–Crippen LogP) is 6.68. The molecule has 1 saturated heterocycles. The Labute approximate surface area is 190 Å². The highest BCUT2D eigenvalue weighted by atomic mass is 16.5. The summed E-state index contributed by atoms with van der Waals surface area (Å²) in [7, 11) is 0. The summed E-state index contributed by atoms with van der Waals surface area (Å²) in [5.74, 6) is 0.406. The number of hydrogen-bond acceptors (Lipinski definition) is 2. The zero-order valence-electron chi connectivity index (χ0n) is 18.3. The minimum absolute atomic E-state index is 0.170. The van der Waals surface area contributed by atoms with E-state index < -0.39 is 0 Å². The third-order valence-corrected chi connectivity index (χ3v) is 6.37. The van der Waals surface area contributed by atoms with Gasteiger partial charge in [-0.2, -0.15) is 0 Å². The lowest BCUT2D eigenvalue weighted by Crippen LogP contribution is -2.41. The molecule has 160 valence electrons. The minimum Gasteiger partial charge on any atom is -0.372 e. The van der Waals surface area contributed by atoms with E-state index in [2.05, 4.69) is 115 Å². The molecule has 0 spiro atoms. The number of ether oxygens (including phenoxy) is 1. The second kappa shape index (κ2) is 9.95. The van der Waals surface area contributed by atoms with Crippen molar-refractivity contribution >= 4 is 0 Å². The molecule has 0 saturated carbocycles. The SMILES string of the molecule is c1ccc(-c2ccc(COC3CNCCC3c3cccc(-c4ccccc4)c3)cc2)cc1. The average Bonchev–Trinajstić information content (AvgIpc) is 2.89. The van der Waals surface area contributed by atoms with Crippen molar-refractivity contribution in [2.24, 2.45) is 0 Å². The van der Waals surface area contributed by atoms with Gasteiger partial charge in [0.15, 0.2) is 0 Å². The molecule has 0 bridgehead atoms. The van der Waals surface area contributed by atoms with Crippen molar-refractivity contribution in [1.29, 1.82) is 0 Å². The number of piperidine rings is 1. The third-order valence-electron chi connectivity index (χ3n) is 6.37. The summed E-state index contributed by atoms with van der Waals surface area (Å²) >= 11 is 0. The van der Waals surface area contributed by atoms with Crippen molar-refractivity contribution in [3.05, 3.63) is 120 Å². The Morgan fingerprint density at radius 2 is 1.28 bits per heavy atom. The molecule has 4 aromatic carbocycles. The molecule has 0 aromatic heterocycles. The van der Waals surface area contributed by atoms with Crippen molar-refractivity contribution in [3.63, 3.8) is 0 Å². The van der Waals surface area contributed by atoms with Gasteiger partial charge in [-0.3, -0.25) is 0 Å². The molecular formula is C30H29NO. The average molecular weight is 420 g/mol. The van der Waals surface area contributed by atoms with Gasteiger partial charge in [0.25, 0.3) is 0 Å². The maximum absolute atomic E-state index is 6.46. The summed E-state index contributed by atoms with van der Waals surface area (Å²) in [6, 6.07) is 38.8. The van der Waals surface area contributed by atoms with Gasteiger partial charge in [0.05, 0.1) is 12.7 Å². The molecule has 1 fully saturated rings. The molecule has 1 N–H and O–H groups in total. The lowest BCUT2D eigenvalue weighted by Gasteiger charge is -2.33. The molecule has 0 radical (unpaired) electrons. The molecular weight excluding hydrogens is 390 g/mol. The number of hydrogen-bond donors (Lipinski definition) is 1. The fourth-order valence-electron chi connectivity index (χ4n) is 4.59. The molecule has 2 nitrogen and oxygen atoms in total. The first kappa shape index (κ1) is 20.7. The van der Waals surface area contributed by atoms with Crippen LogP contribution in [-0.4, -0.2) is 19.2 Å². The quantitative estimate of drug-likeness (QED) is 0.376. The molecule has 2 atom stereocenters. The second-order valence-electron chi connectivity index (χ2n) is 8.50. The van der Waals surface area contributed by atoms with E-state index in [1.807, 2.05) is 0 Å². The molecule has 1 aliphatic heterocycles. The van der Waals surface area contributed by atoms with Crippen molar-refractivity contribution in [2.45, 2.75) is 25.0 Å². The van der Waals surface area contributed by atoms with Crippen LogP contribution in [0.3, 0.4) is 0 Å². The van der Waals surface area contributed by atoms with E-state index in [0.29, 0.717) is 12.5 Å². The van der Waals surface area contributed by atoms with Gasteiger partial charge >= 0.3 is 0 Å². The monoisotopic (exact) mass is 419 g/mol.